The Hall–Kier alpha value is -1.77. The molecule has 2 nitrogen and oxygen atoms in total. The molecule has 0 amide bonds. The van der Waals surface area contributed by atoms with Gasteiger partial charge in [-0.3, -0.25) is 0 Å². The summed E-state index contributed by atoms with van der Waals surface area (Å²) in [6, 6.07) is 18.4. The molecule has 3 rings (SSSR count). The van der Waals surface area contributed by atoms with Crippen LogP contribution in [0.15, 0.2) is 59.0 Å². The molecule has 0 aliphatic carbocycles. The van der Waals surface area contributed by atoms with Crippen LogP contribution in [-0.2, 0) is 0 Å². The first-order valence-corrected chi connectivity index (χ1v) is 7.51. The van der Waals surface area contributed by atoms with Crippen LogP contribution < -0.4 is 5.32 Å². The number of halogens is 1. The van der Waals surface area contributed by atoms with Gasteiger partial charge in [0.05, 0.1) is 6.04 Å². The Morgan fingerprint density at radius 3 is 2.52 bits per heavy atom. The lowest BCUT2D eigenvalue weighted by Crippen LogP contribution is -2.22. The van der Waals surface area contributed by atoms with Crippen molar-refractivity contribution in [2.24, 2.45) is 0 Å². The zero-order valence-electron chi connectivity index (χ0n) is 12.1. The maximum atomic E-state index is 6.05. The quantitative estimate of drug-likeness (QED) is 0.688. The molecule has 0 saturated carbocycles. The molecular weight excluding hydrogens is 282 g/mol. The van der Waals surface area contributed by atoms with Gasteiger partial charge in [0.2, 0.25) is 0 Å². The maximum absolute atomic E-state index is 6.05. The number of fused-ring (bicyclic) bond motifs is 1. The predicted octanol–water partition coefficient (Wildman–Crippen LogP) is 5.50. The van der Waals surface area contributed by atoms with Gasteiger partial charge in [-0.25, -0.2) is 0 Å². The zero-order valence-corrected chi connectivity index (χ0v) is 12.9. The van der Waals surface area contributed by atoms with Crippen LogP contribution in [-0.4, -0.2) is 0 Å². The Kier molecular flexibility index (Phi) is 4.00. The molecule has 2 aromatic carbocycles. The Morgan fingerprint density at radius 1 is 0.952 bits per heavy atom. The third kappa shape index (κ3) is 3.12. The van der Waals surface area contributed by atoms with E-state index in [-0.39, 0.29) is 12.1 Å². The van der Waals surface area contributed by atoms with E-state index in [4.69, 9.17) is 16.0 Å². The lowest BCUT2D eigenvalue weighted by atomic mass is 10.1. The number of benzene rings is 2. The van der Waals surface area contributed by atoms with Crippen molar-refractivity contribution >= 4 is 22.6 Å². The van der Waals surface area contributed by atoms with Crippen molar-refractivity contribution < 1.29 is 4.42 Å². The molecule has 1 N–H and O–H groups in total. The van der Waals surface area contributed by atoms with E-state index in [1.54, 1.807) is 0 Å². The first-order valence-electron chi connectivity index (χ1n) is 7.13. The van der Waals surface area contributed by atoms with Gasteiger partial charge < -0.3 is 9.73 Å². The highest BCUT2D eigenvalue weighted by molar-refractivity contribution is 6.30. The summed E-state index contributed by atoms with van der Waals surface area (Å²) in [5.74, 6) is 0.949. The van der Waals surface area contributed by atoms with Crippen LogP contribution in [0.4, 0.5) is 0 Å². The number of furan rings is 1. The highest BCUT2D eigenvalue weighted by atomic mass is 35.5. The second kappa shape index (κ2) is 5.92. The summed E-state index contributed by atoms with van der Waals surface area (Å²) >= 11 is 6.05. The second-order valence-corrected chi connectivity index (χ2v) is 5.79. The largest absolute Gasteiger partial charge is 0.459 e. The smallest absolute Gasteiger partial charge is 0.134 e. The Bertz CT molecular complexity index is 717. The zero-order chi connectivity index (χ0) is 14.8. The van der Waals surface area contributed by atoms with Crippen LogP contribution in [0, 0.1) is 0 Å². The standard InChI is InChI=1S/C18H18ClNO/c1-12(14-7-5-8-16(19)10-14)20-13(2)18-11-15-6-3-4-9-17(15)21-18/h3-13,20H,1-2H3/t12-,13?/m1/s1. The fourth-order valence-corrected chi connectivity index (χ4v) is 2.74. The Morgan fingerprint density at radius 2 is 1.76 bits per heavy atom. The van der Waals surface area contributed by atoms with Gasteiger partial charge in [-0.05, 0) is 43.7 Å². The van der Waals surface area contributed by atoms with Crippen molar-refractivity contribution in [3.63, 3.8) is 0 Å². The minimum absolute atomic E-state index is 0.131. The minimum atomic E-state index is 0.131. The van der Waals surface area contributed by atoms with Crippen molar-refractivity contribution in [1.29, 1.82) is 0 Å². The lowest BCUT2D eigenvalue weighted by Gasteiger charge is -2.19. The first kappa shape index (κ1) is 14.2. The second-order valence-electron chi connectivity index (χ2n) is 5.35. The third-order valence-electron chi connectivity index (χ3n) is 3.72. The lowest BCUT2D eigenvalue weighted by molar-refractivity contribution is 0.417. The molecule has 0 bridgehead atoms. The molecule has 1 aromatic heterocycles. The van der Waals surface area contributed by atoms with Gasteiger partial charge in [0.15, 0.2) is 0 Å². The molecule has 3 aromatic rings. The third-order valence-corrected chi connectivity index (χ3v) is 3.96. The molecule has 0 spiro atoms. The SMILES string of the molecule is CC(N[C@H](C)c1cccc(Cl)c1)c1cc2ccccc2o1. The van der Waals surface area contributed by atoms with E-state index in [2.05, 4.69) is 37.4 Å². The van der Waals surface area contributed by atoms with Crippen LogP contribution in [0.25, 0.3) is 11.0 Å². The van der Waals surface area contributed by atoms with E-state index < -0.39 is 0 Å². The van der Waals surface area contributed by atoms with Gasteiger partial charge in [-0.1, -0.05) is 41.9 Å². The molecular formula is C18H18ClNO. The van der Waals surface area contributed by atoms with Crippen molar-refractivity contribution in [3.05, 3.63) is 70.9 Å². The van der Waals surface area contributed by atoms with E-state index in [0.717, 1.165) is 21.8 Å². The number of para-hydroxylation sites is 1. The van der Waals surface area contributed by atoms with Crippen molar-refractivity contribution in [1.82, 2.24) is 5.32 Å². The number of nitrogens with one attached hydrogen (secondary N) is 1. The topological polar surface area (TPSA) is 25.2 Å². The summed E-state index contributed by atoms with van der Waals surface area (Å²) in [6.45, 7) is 4.24. The summed E-state index contributed by atoms with van der Waals surface area (Å²) < 4.78 is 5.90. The first-order chi connectivity index (χ1) is 10.1. The van der Waals surface area contributed by atoms with E-state index in [1.165, 1.54) is 5.56 Å². The molecule has 2 atom stereocenters. The highest BCUT2D eigenvalue weighted by Gasteiger charge is 2.15. The summed E-state index contributed by atoms with van der Waals surface area (Å²) in [4.78, 5) is 0. The highest BCUT2D eigenvalue weighted by Crippen LogP contribution is 2.26. The van der Waals surface area contributed by atoms with Crippen LogP contribution in [0.5, 0.6) is 0 Å². The molecule has 0 aliphatic heterocycles. The molecule has 108 valence electrons. The summed E-state index contributed by atoms with van der Waals surface area (Å²) in [5, 5.41) is 5.45. The Labute approximate surface area is 129 Å². The van der Waals surface area contributed by atoms with Crippen LogP contribution in [0.2, 0.25) is 5.02 Å². The molecule has 1 unspecified atom stereocenters. The fraction of sp³-hybridized carbons (Fsp3) is 0.222. The number of hydrogen-bond donors (Lipinski definition) is 1. The average molecular weight is 300 g/mol. The van der Waals surface area contributed by atoms with Gasteiger partial charge >= 0.3 is 0 Å². The minimum Gasteiger partial charge on any atom is -0.459 e. The normalized spacial score (nSPS) is 14.2. The summed E-state index contributed by atoms with van der Waals surface area (Å²) in [5.41, 5.74) is 2.10. The predicted molar refractivity (Wildman–Crippen MR) is 87.6 cm³/mol. The van der Waals surface area contributed by atoms with Crippen molar-refractivity contribution in [2.75, 3.05) is 0 Å². The van der Waals surface area contributed by atoms with E-state index >= 15 is 0 Å². The fourth-order valence-electron chi connectivity index (χ4n) is 2.55. The van der Waals surface area contributed by atoms with E-state index in [1.807, 2.05) is 36.4 Å². The molecule has 0 fully saturated rings. The van der Waals surface area contributed by atoms with Gasteiger partial charge in [0.1, 0.15) is 11.3 Å². The Balaban J connectivity index is 1.77. The van der Waals surface area contributed by atoms with Gasteiger partial charge in [-0.2, -0.15) is 0 Å². The molecule has 0 saturated heterocycles. The molecule has 1 heterocycles. The van der Waals surface area contributed by atoms with Crippen LogP contribution in [0.1, 0.15) is 37.3 Å². The molecule has 21 heavy (non-hydrogen) atoms. The average Bonchev–Trinajstić information content (AvgIpc) is 2.91. The van der Waals surface area contributed by atoms with Crippen LogP contribution >= 0.6 is 11.6 Å². The van der Waals surface area contributed by atoms with Crippen molar-refractivity contribution in [3.8, 4) is 0 Å². The van der Waals surface area contributed by atoms with E-state index in [9.17, 15) is 0 Å². The van der Waals surface area contributed by atoms with Gasteiger partial charge in [0, 0.05) is 16.5 Å². The monoisotopic (exact) mass is 299 g/mol. The number of rotatable bonds is 4. The van der Waals surface area contributed by atoms with E-state index in [0.29, 0.717) is 0 Å². The van der Waals surface area contributed by atoms with Crippen LogP contribution in [0.3, 0.4) is 0 Å². The summed E-state index contributed by atoms with van der Waals surface area (Å²) in [7, 11) is 0. The number of hydrogen-bond acceptors (Lipinski definition) is 2. The van der Waals surface area contributed by atoms with Gasteiger partial charge in [-0.15, -0.1) is 0 Å². The molecule has 0 aliphatic rings. The summed E-state index contributed by atoms with van der Waals surface area (Å²) in [6.07, 6.45) is 0. The van der Waals surface area contributed by atoms with Gasteiger partial charge in [0.25, 0.3) is 0 Å². The maximum Gasteiger partial charge on any atom is 0.134 e. The molecule has 3 heteroatoms. The molecule has 0 radical (unpaired) electrons. The van der Waals surface area contributed by atoms with Crippen molar-refractivity contribution in [2.45, 2.75) is 25.9 Å².